The molecule has 52 heavy (non-hydrogen) atoms. The van der Waals surface area contributed by atoms with Crippen molar-refractivity contribution in [3.63, 3.8) is 0 Å². The van der Waals surface area contributed by atoms with Crippen LogP contribution in [0.3, 0.4) is 0 Å². The van der Waals surface area contributed by atoms with E-state index in [0.29, 0.717) is 5.82 Å². The fourth-order valence-electron chi connectivity index (χ4n) is 6.63. The average Bonchev–Trinajstić information content (AvgIpc) is 3.42. The fourth-order valence-corrected chi connectivity index (χ4v) is 6.63. The summed E-state index contributed by atoms with van der Waals surface area (Å²) in [4.78, 5) is 10.2. The van der Waals surface area contributed by atoms with Gasteiger partial charge in [0.15, 0.2) is 0 Å². The maximum absolute atomic E-state index is 12.2. The molecule has 6 rings (SSSR count). The van der Waals surface area contributed by atoms with Crippen LogP contribution in [0.15, 0.2) is 85.1 Å². The molecular formula is C47H54N3OPt-. The number of pyridine rings is 1. The molecule has 0 aliphatic heterocycles. The Kier molecular flexibility index (Phi) is 10.4. The number of nitrogens with zero attached hydrogens (tertiary/aromatic N) is 3. The van der Waals surface area contributed by atoms with Crippen molar-refractivity contribution in [1.29, 1.82) is 0 Å². The molecule has 0 aliphatic rings. The van der Waals surface area contributed by atoms with Gasteiger partial charge in [-0.2, -0.15) is 0 Å². The second kappa shape index (κ2) is 13.8. The van der Waals surface area contributed by atoms with Crippen LogP contribution in [0.25, 0.3) is 50.5 Å². The average molecular weight is 872 g/mol. The van der Waals surface area contributed by atoms with Gasteiger partial charge in [-0.3, -0.25) is 9.55 Å². The van der Waals surface area contributed by atoms with Gasteiger partial charge in [-0.05, 0) is 75.6 Å². The van der Waals surface area contributed by atoms with E-state index >= 15 is 0 Å². The van der Waals surface area contributed by atoms with Crippen molar-refractivity contribution in [3.05, 3.63) is 119 Å². The second-order valence-corrected chi connectivity index (χ2v) is 18.3. The van der Waals surface area contributed by atoms with Crippen LogP contribution in [0.2, 0.25) is 0 Å². The van der Waals surface area contributed by atoms with Gasteiger partial charge in [0, 0.05) is 44.2 Å². The zero-order valence-electron chi connectivity index (χ0n) is 33.2. The summed E-state index contributed by atoms with van der Waals surface area (Å²) < 4.78 is 2.27. The number of imidazole rings is 1. The van der Waals surface area contributed by atoms with Crippen molar-refractivity contribution in [2.75, 3.05) is 0 Å². The largest absolute Gasteiger partial charge is 0.507 e. The Morgan fingerprint density at radius 1 is 0.615 bits per heavy atom. The molecule has 274 valence electrons. The molecule has 4 nitrogen and oxygen atoms in total. The Bertz CT molecular complexity index is 2230. The van der Waals surface area contributed by atoms with Gasteiger partial charge in [-0.15, -0.1) is 29.8 Å². The van der Waals surface area contributed by atoms with Crippen molar-refractivity contribution < 1.29 is 26.2 Å². The third-order valence-electron chi connectivity index (χ3n) is 9.89. The van der Waals surface area contributed by atoms with Crippen molar-refractivity contribution in [2.45, 2.75) is 112 Å². The summed E-state index contributed by atoms with van der Waals surface area (Å²) in [6.45, 7) is 28.9. The third kappa shape index (κ3) is 7.69. The normalized spacial score (nSPS) is 12.6. The van der Waals surface area contributed by atoms with Gasteiger partial charge in [0.05, 0.1) is 16.6 Å². The number of aryl methyl sites for hydroxylation is 1. The summed E-state index contributed by atoms with van der Waals surface area (Å²) in [5, 5.41) is 12.2. The summed E-state index contributed by atoms with van der Waals surface area (Å²) in [6.07, 6.45) is 1.85. The number of rotatable bonds is 4. The maximum Gasteiger partial charge on any atom is 0.148 e. The van der Waals surface area contributed by atoms with E-state index in [1.165, 1.54) is 11.1 Å². The summed E-state index contributed by atoms with van der Waals surface area (Å²) in [7, 11) is 0. The van der Waals surface area contributed by atoms with Crippen LogP contribution in [0.5, 0.6) is 5.75 Å². The van der Waals surface area contributed by atoms with Crippen molar-refractivity contribution >= 4 is 11.0 Å². The fraction of sp³-hybridized carbons (Fsp3) is 0.362. The van der Waals surface area contributed by atoms with Gasteiger partial charge in [0.1, 0.15) is 11.6 Å². The van der Waals surface area contributed by atoms with E-state index < -0.39 is 0 Å². The van der Waals surface area contributed by atoms with Crippen LogP contribution >= 0.6 is 0 Å². The zero-order chi connectivity index (χ0) is 37.3. The van der Waals surface area contributed by atoms with Gasteiger partial charge in [-0.1, -0.05) is 130 Å². The van der Waals surface area contributed by atoms with Crippen LogP contribution in [0.1, 0.15) is 111 Å². The van der Waals surface area contributed by atoms with Gasteiger partial charge >= 0.3 is 0 Å². The van der Waals surface area contributed by atoms with Gasteiger partial charge in [0.25, 0.3) is 0 Å². The van der Waals surface area contributed by atoms with E-state index in [9.17, 15) is 5.11 Å². The van der Waals surface area contributed by atoms with E-state index in [1.54, 1.807) is 0 Å². The minimum atomic E-state index is -0.285. The molecule has 4 aromatic carbocycles. The zero-order valence-corrected chi connectivity index (χ0v) is 35.5. The molecule has 6 aromatic rings. The summed E-state index contributed by atoms with van der Waals surface area (Å²) >= 11 is 0. The minimum absolute atomic E-state index is 0. The molecule has 0 spiro atoms. The Labute approximate surface area is 326 Å². The Morgan fingerprint density at radius 3 is 1.77 bits per heavy atom. The van der Waals surface area contributed by atoms with Crippen LogP contribution in [-0.4, -0.2) is 19.6 Å². The number of aromatic hydroxyl groups is 1. The first-order valence-corrected chi connectivity index (χ1v) is 18.1. The Balaban J connectivity index is 0.00000523. The molecule has 5 heteroatoms. The minimum Gasteiger partial charge on any atom is -0.507 e. The van der Waals surface area contributed by atoms with Gasteiger partial charge in [0.2, 0.25) is 0 Å². The first-order chi connectivity index (χ1) is 23.6. The topological polar surface area (TPSA) is 50.9 Å². The molecule has 0 atom stereocenters. The van der Waals surface area contributed by atoms with Crippen LogP contribution in [0, 0.1) is 13.0 Å². The summed E-state index contributed by atoms with van der Waals surface area (Å²) in [5.41, 5.74) is 12.5. The molecule has 0 bridgehead atoms. The number of phenolic OH excluding ortho intramolecular Hbond substituents is 1. The Hall–Kier alpha value is -4.01. The molecule has 0 saturated heterocycles. The van der Waals surface area contributed by atoms with Gasteiger partial charge < -0.3 is 5.11 Å². The van der Waals surface area contributed by atoms with Crippen LogP contribution in [-0.2, 0) is 42.7 Å². The molecule has 0 fully saturated rings. The number of fused-ring (bicyclic) bond motifs is 1. The standard InChI is InChI=1S/C47H54N3O.Pt/c1-29-20-21-48-39(22-29)31-17-14-16-30(23-31)36-18-15-19-40-41(36)49-43(37-27-34(46(8,9)10)28-38(42(37)51)47(11,12)13)50(40)35-25-32(44(2,3)4)24-33(26-35)45(5,6)7;/h14-22,24-28,51H,1-13H3;/q-1;. The first-order valence-electron chi connectivity index (χ1n) is 18.1. The van der Waals surface area contributed by atoms with Crippen LogP contribution in [0.4, 0.5) is 0 Å². The Morgan fingerprint density at radius 2 is 1.19 bits per heavy atom. The molecule has 0 amide bonds. The quantitative estimate of drug-likeness (QED) is 0.180. The molecule has 0 saturated carbocycles. The SMILES string of the molecule is Cc1ccnc(-c2[c-]c(-c3cccc4c3nc(-c3cc(C(C)(C)C)cc(C(C)(C)C)c3O)n4-c3cc(C(C)(C)C)cc(C(C)(C)C)c3)ccc2)c1.[Pt]. The maximum atomic E-state index is 12.2. The second-order valence-electron chi connectivity index (χ2n) is 18.3. The molecule has 0 radical (unpaired) electrons. The van der Waals surface area contributed by atoms with E-state index in [2.05, 4.69) is 178 Å². The van der Waals surface area contributed by atoms with Crippen molar-refractivity contribution in [3.8, 4) is 45.2 Å². The number of aromatic nitrogens is 3. The smallest absolute Gasteiger partial charge is 0.148 e. The van der Waals surface area contributed by atoms with E-state index in [0.717, 1.165) is 61.4 Å². The predicted molar refractivity (Wildman–Crippen MR) is 215 cm³/mol. The van der Waals surface area contributed by atoms with E-state index in [1.807, 2.05) is 12.3 Å². The molecule has 2 heterocycles. The first kappa shape index (κ1) is 39.2. The molecule has 0 aliphatic carbocycles. The van der Waals surface area contributed by atoms with E-state index in [4.69, 9.17) is 4.98 Å². The van der Waals surface area contributed by atoms with Crippen molar-refractivity contribution in [1.82, 2.24) is 14.5 Å². The van der Waals surface area contributed by atoms with E-state index in [-0.39, 0.29) is 48.5 Å². The summed E-state index contributed by atoms with van der Waals surface area (Å²) in [6, 6.07) is 31.7. The van der Waals surface area contributed by atoms with Gasteiger partial charge in [-0.25, -0.2) is 4.98 Å². The molecule has 0 unspecified atom stereocenters. The molecule has 1 N–H and O–H groups in total. The number of para-hydroxylation sites is 1. The summed E-state index contributed by atoms with van der Waals surface area (Å²) in [5.74, 6) is 0.990. The number of hydrogen-bond acceptors (Lipinski definition) is 3. The third-order valence-corrected chi connectivity index (χ3v) is 9.89. The number of hydrogen-bond donors (Lipinski definition) is 1. The molecule has 2 aromatic heterocycles. The van der Waals surface area contributed by atoms with Crippen molar-refractivity contribution in [2.24, 2.45) is 0 Å². The number of benzene rings is 4. The molecular weight excluding hydrogens is 818 g/mol. The monoisotopic (exact) mass is 871 g/mol. The number of phenols is 1. The predicted octanol–water partition coefficient (Wildman–Crippen LogP) is 12.4. The van der Waals surface area contributed by atoms with Crippen LogP contribution < -0.4 is 0 Å².